The first kappa shape index (κ1) is 15.8. The van der Waals surface area contributed by atoms with E-state index >= 15 is 0 Å². The highest BCUT2D eigenvalue weighted by Gasteiger charge is 2.25. The van der Waals surface area contributed by atoms with Crippen LogP contribution in [0.5, 0.6) is 0 Å². The van der Waals surface area contributed by atoms with E-state index < -0.39 is 0 Å². The molecule has 3 nitrogen and oxygen atoms in total. The second-order valence-corrected chi connectivity index (χ2v) is 6.73. The number of carbonyl (C=O) groups excluding carboxylic acids is 1. The van der Waals surface area contributed by atoms with Gasteiger partial charge in [-0.05, 0) is 59.9 Å². The maximum atomic E-state index is 12.5. The average molecular weight is 386 g/mol. The first-order valence-electron chi connectivity index (χ1n) is 7.39. The van der Waals surface area contributed by atoms with Gasteiger partial charge < -0.3 is 11.1 Å². The minimum absolute atomic E-state index is 0.0131. The average Bonchev–Trinajstić information content (AvgIpc) is 2.48. The molecule has 1 atom stereocenters. The highest BCUT2D eigenvalue weighted by atomic mass is 127. The van der Waals surface area contributed by atoms with Crippen molar-refractivity contribution in [3.63, 3.8) is 0 Å². The lowest BCUT2D eigenvalue weighted by molar-refractivity contribution is 0.0914. The van der Waals surface area contributed by atoms with Crippen molar-refractivity contribution in [2.75, 3.05) is 6.54 Å². The lowest BCUT2D eigenvalue weighted by atomic mass is 9.84. The van der Waals surface area contributed by atoms with E-state index in [1.165, 1.54) is 32.1 Å². The van der Waals surface area contributed by atoms with Gasteiger partial charge in [0.05, 0.1) is 5.56 Å². The molecule has 1 amide bonds. The van der Waals surface area contributed by atoms with Crippen LogP contribution in [0.15, 0.2) is 18.2 Å². The Bertz CT molecular complexity index is 470. The van der Waals surface area contributed by atoms with Crippen molar-refractivity contribution in [2.24, 2.45) is 11.7 Å². The van der Waals surface area contributed by atoms with Gasteiger partial charge in [-0.1, -0.05) is 31.4 Å². The topological polar surface area (TPSA) is 55.1 Å². The molecule has 1 aliphatic rings. The predicted octanol–water partition coefficient (Wildman–Crippen LogP) is 3.24. The standard InChI is InChI=1S/C16H23IN2O/c1-11-6-5-9-13(15(11)17)16(20)19-14(10-18)12-7-3-2-4-8-12/h5-6,9,12,14H,2-4,7-8,10,18H2,1H3,(H,19,20). The van der Waals surface area contributed by atoms with Crippen LogP contribution in [0, 0.1) is 16.4 Å². The fourth-order valence-electron chi connectivity index (χ4n) is 2.97. The maximum absolute atomic E-state index is 12.5. The van der Waals surface area contributed by atoms with Crippen molar-refractivity contribution in [1.82, 2.24) is 5.32 Å². The van der Waals surface area contributed by atoms with E-state index in [0.29, 0.717) is 12.5 Å². The third-order valence-electron chi connectivity index (χ3n) is 4.23. The Labute approximate surface area is 134 Å². The van der Waals surface area contributed by atoms with Crippen molar-refractivity contribution in [1.29, 1.82) is 0 Å². The van der Waals surface area contributed by atoms with Gasteiger partial charge in [0.2, 0.25) is 0 Å². The lowest BCUT2D eigenvalue weighted by Crippen LogP contribution is -2.46. The van der Waals surface area contributed by atoms with Gasteiger partial charge in [0.1, 0.15) is 0 Å². The monoisotopic (exact) mass is 386 g/mol. The summed E-state index contributed by atoms with van der Waals surface area (Å²) in [5.41, 5.74) is 7.78. The van der Waals surface area contributed by atoms with Crippen LogP contribution in [-0.2, 0) is 0 Å². The summed E-state index contributed by atoms with van der Waals surface area (Å²) in [7, 11) is 0. The number of amides is 1. The molecule has 1 aromatic rings. The molecule has 1 fully saturated rings. The molecule has 0 spiro atoms. The third kappa shape index (κ3) is 3.73. The minimum Gasteiger partial charge on any atom is -0.348 e. The third-order valence-corrected chi connectivity index (χ3v) is 5.66. The molecule has 0 bridgehead atoms. The van der Waals surface area contributed by atoms with Crippen LogP contribution < -0.4 is 11.1 Å². The van der Waals surface area contributed by atoms with Crippen molar-refractivity contribution >= 4 is 28.5 Å². The van der Waals surface area contributed by atoms with E-state index in [1.807, 2.05) is 25.1 Å². The Kier molecular flexibility index (Phi) is 5.84. The molecule has 0 radical (unpaired) electrons. The van der Waals surface area contributed by atoms with Crippen LogP contribution in [0.2, 0.25) is 0 Å². The SMILES string of the molecule is Cc1cccc(C(=O)NC(CN)C2CCCCC2)c1I. The fraction of sp³-hybridized carbons (Fsp3) is 0.562. The van der Waals surface area contributed by atoms with E-state index in [2.05, 4.69) is 27.9 Å². The van der Waals surface area contributed by atoms with Gasteiger partial charge in [0.15, 0.2) is 0 Å². The van der Waals surface area contributed by atoms with E-state index in [9.17, 15) is 4.79 Å². The van der Waals surface area contributed by atoms with E-state index in [4.69, 9.17) is 5.73 Å². The molecule has 4 heteroatoms. The van der Waals surface area contributed by atoms with Crippen LogP contribution in [0.3, 0.4) is 0 Å². The molecule has 0 heterocycles. The van der Waals surface area contributed by atoms with Crippen LogP contribution in [-0.4, -0.2) is 18.5 Å². The summed E-state index contributed by atoms with van der Waals surface area (Å²) in [6.07, 6.45) is 6.22. The number of halogens is 1. The quantitative estimate of drug-likeness (QED) is 0.781. The summed E-state index contributed by atoms with van der Waals surface area (Å²) in [5.74, 6) is 0.555. The van der Waals surface area contributed by atoms with Gasteiger partial charge in [-0.25, -0.2) is 0 Å². The highest BCUT2D eigenvalue weighted by molar-refractivity contribution is 14.1. The maximum Gasteiger partial charge on any atom is 0.252 e. The molecule has 0 saturated heterocycles. The van der Waals surface area contributed by atoms with Gasteiger partial charge in [-0.2, -0.15) is 0 Å². The number of hydrogen-bond acceptors (Lipinski definition) is 2. The van der Waals surface area contributed by atoms with E-state index in [0.717, 1.165) is 14.7 Å². The number of nitrogens with two attached hydrogens (primary N) is 1. The zero-order chi connectivity index (χ0) is 14.5. The zero-order valence-corrected chi connectivity index (χ0v) is 14.2. The van der Waals surface area contributed by atoms with Gasteiger partial charge >= 0.3 is 0 Å². The summed E-state index contributed by atoms with van der Waals surface area (Å²) < 4.78 is 1.03. The Hall–Kier alpha value is -0.620. The molecule has 2 rings (SSSR count). The normalized spacial score (nSPS) is 17.8. The Balaban J connectivity index is 2.06. The largest absolute Gasteiger partial charge is 0.348 e. The second-order valence-electron chi connectivity index (χ2n) is 5.65. The van der Waals surface area contributed by atoms with E-state index in [-0.39, 0.29) is 11.9 Å². The fourth-order valence-corrected chi connectivity index (χ4v) is 3.58. The number of hydrogen-bond donors (Lipinski definition) is 2. The molecule has 0 aliphatic heterocycles. The van der Waals surface area contributed by atoms with Gasteiger partial charge in [0, 0.05) is 16.2 Å². The molecule has 1 aliphatic carbocycles. The molecule has 20 heavy (non-hydrogen) atoms. The molecular formula is C16H23IN2O. The molecule has 1 saturated carbocycles. The van der Waals surface area contributed by atoms with Gasteiger partial charge in [-0.15, -0.1) is 0 Å². The molecule has 110 valence electrons. The lowest BCUT2D eigenvalue weighted by Gasteiger charge is -2.30. The van der Waals surface area contributed by atoms with Gasteiger partial charge in [-0.3, -0.25) is 4.79 Å². The van der Waals surface area contributed by atoms with Crippen molar-refractivity contribution in [3.05, 3.63) is 32.9 Å². The molecule has 1 aromatic carbocycles. The molecule has 1 unspecified atom stereocenters. The first-order chi connectivity index (χ1) is 9.63. The van der Waals surface area contributed by atoms with Crippen molar-refractivity contribution in [3.8, 4) is 0 Å². The Morgan fingerprint density at radius 1 is 1.40 bits per heavy atom. The zero-order valence-electron chi connectivity index (χ0n) is 12.0. The van der Waals surface area contributed by atoms with Crippen LogP contribution in [0.1, 0.15) is 48.0 Å². The van der Waals surface area contributed by atoms with Crippen molar-refractivity contribution in [2.45, 2.75) is 45.1 Å². The highest BCUT2D eigenvalue weighted by Crippen LogP contribution is 2.26. The summed E-state index contributed by atoms with van der Waals surface area (Å²) in [6, 6.07) is 5.96. The Morgan fingerprint density at radius 2 is 2.10 bits per heavy atom. The number of carbonyl (C=O) groups is 1. The smallest absolute Gasteiger partial charge is 0.252 e. The number of nitrogens with one attached hydrogen (secondary N) is 1. The molecular weight excluding hydrogens is 363 g/mol. The summed E-state index contributed by atoms with van der Waals surface area (Å²) >= 11 is 2.24. The summed E-state index contributed by atoms with van der Waals surface area (Å²) in [4.78, 5) is 12.5. The summed E-state index contributed by atoms with van der Waals surface area (Å²) in [6.45, 7) is 2.55. The molecule has 3 N–H and O–H groups in total. The second kappa shape index (κ2) is 7.41. The predicted molar refractivity (Wildman–Crippen MR) is 90.8 cm³/mol. The number of benzene rings is 1. The van der Waals surface area contributed by atoms with E-state index in [1.54, 1.807) is 0 Å². The van der Waals surface area contributed by atoms with Crippen LogP contribution in [0.25, 0.3) is 0 Å². The number of aryl methyl sites for hydroxylation is 1. The van der Waals surface area contributed by atoms with Crippen LogP contribution >= 0.6 is 22.6 Å². The minimum atomic E-state index is 0.0131. The Morgan fingerprint density at radius 3 is 2.75 bits per heavy atom. The summed E-state index contributed by atoms with van der Waals surface area (Å²) in [5, 5.41) is 3.15. The van der Waals surface area contributed by atoms with Crippen molar-refractivity contribution < 1.29 is 4.79 Å². The van der Waals surface area contributed by atoms with Crippen LogP contribution in [0.4, 0.5) is 0 Å². The first-order valence-corrected chi connectivity index (χ1v) is 8.47. The number of rotatable bonds is 4. The van der Waals surface area contributed by atoms with Gasteiger partial charge in [0.25, 0.3) is 5.91 Å². The molecule has 0 aromatic heterocycles.